The van der Waals surface area contributed by atoms with E-state index in [0.717, 1.165) is 35.0 Å². The minimum atomic E-state index is -0.398. The number of halogens is 1. The van der Waals surface area contributed by atoms with Crippen molar-refractivity contribution >= 4 is 46.3 Å². The Morgan fingerprint density at radius 2 is 1.61 bits per heavy atom. The highest BCUT2D eigenvalue weighted by molar-refractivity contribution is 8.00. The maximum Gasteiger partial charge on any atom is 0.305 e. The number of nitrogens with zero attached hydrogens (tertiary/aromatic N) is 2. The number of carbonyl (C=O) groups is 2. The minimum Gasteiger partial charge on any atom is -0.372 e. The Morgan fingerprint density at radius 1 is 0.947 bits per heavy atom. The topological polar surface area (TPSA) is 73.5 Å². The fourth-order valence-electron chi connectivity index (χ4n) is 7.72. The molecule has 9 heteroatoms. The van der Waals surface area contributed by atoms with Gasteiger partial charge in [-0.05, 0) is 80.0 Å². The van der Waals surface area contributed by atoms with Gasteiger partial charge in [-0.15, -0.1) is 11.8 Å². The Bertz CT molecular complexity index is 1480. The Balaban J connectivity index is 1.28. The zero-order valence-corrected chi connectivity index (χ0v) is 22.7. The average Bonchev–Trinajstić information content (AvgIpc) is 3.65. The molecule has 196 valence electrons. The summed E-state index contributed by atoms with van der Waals surface area (Å²) in [7, 11) is 0. The van der Waals surface area contributed by atoms with Crippen molar-refractivity contribution in [1.82, 2.24) is 4.98 Å². The van der Waals surface area contributed by atoms with E-state index in [2.05, 4.69) is 48.0 Å². The molecule has 3 aromatic rings. The van der Waals surface area contributed by atoms with E-state index in [1.807, 2.05) is 0 Å². The molecule has 2 aliphatic heterocycles. The number of H-pyrrole nitrogens is 1. The van der Waals surface area contributed by atoms with E-state index in [1.54, 1.807) is 11.8 Å². The van der Waals surface area contributed by atoms with Crippen molar-refractivity contribution < 1.29 is 14.0 Å². The number of aromatic amines is 1. The maximum atomic E-state index is 13.8. The molecule has 7 atom stereocenters. The van der Waals surface area contributed by atoms with E-state index in [9.17, 15) is 18.8 Å². The van der Waals surface area contributed by atoms with Crippen molar-refractivity contribution in [2.75, 3.05) is 22.9 Å². The molecule has 38 heavy (non-hydrogen) atoms. The van der Waals surface area contributed by atoms with Crippen molar-refractivity contribution in [2.24, 2.45) is 29.6 Å². The van der Waals surface area contributed by atoms with Crippen molar-refractivity contribution in [3.05, 3.63) is 74.5 Å². The molecule has 1 saturated heterocycles. The van der Waals surface area contributed by atoms with Crippen LogP contribution in [0.3, 0.4) is 0 Å². The molecule has 0 radical (unpaired) electrons. The van der Waals surface area contributed by atoms with Crippen LogP contribution < -0.4 is 14.7 Å². The number of nitrogens with one attached hydrogen (secondary N) is 1. The van der Waals surface area contributed by atoms with Crippen molar-refractivity contribution in [1.29, 1.82) is 0 Å². The van der Waals surface area contributed by atoms with Gasteiger partial charge in [-0.25, -0.2) is 4.39 Å². The van der Waals surface area contributed by atoms with Gasteiger partial charge in [0.25, 0.3) is 0 Å². The number of fused-ring (bicyclic) bond motifs is 9. The molecule has 3 fully saturated rings. The highest BCUT2D eigenvalue weighted by Crippen LogP contribution is 2.68. The monoisotopic (exact) mass is 549 g/mol. The molecule has 2 aromatic carbocycles. The molecule has 1 aromatic heterocycles. The third-order valence-corrected chi connectivity index (χ3v) is 11.8. The second kappa shape index (κ2) is 8.81. The zero-order valence-electron chi connectivity index (χ0n) is 21.1. The van der Waals surface area contributed by atoms with Crippen LogP contribution in [-0.2, 0) is 9.59 Å². The molecule has 2 amide bonds. The van der Waals surface area contributed by atoms with E-state index in [1.165, 1.54) is 46.2 Å². The first-order valence-electron chi connectivity index (χ1n) is 13.3. The zero-order chi connectivity index (χ0) is 26.3. The summed E-state index contributed by atoms with van der Waals surface area (Å²) in [4.78, 5) is 47.5. The van der Waals surface area contributed by atoms with Crippen LogP contribution in [0.1, 0.15) is 36.6 Å². The lowest BCUT2D eigenvalue weighted by Crippen LogP contribution is -2.42. The smallest absolute Gasteiger partial charge is 0.305 e. The molecule has 2 saturated carbocycles. The summed E-state index contributed by atoms with van der Waals surface area (Å²) in [5.74, 6) is -1.16. The van der Waals surface area contributed by atoms with Crippen LogP contribution in [0.25, 0.3) is 0 Å². The molecule has 4 aliphatic rings. The molecule has 1 N–H and O–H groups in total. The predicted octanol–water partition coefficient (Wildman–Crippen LogP) is 5.10. The quantitative estimate of drug-likeness (QED) is 0.449. The molecular weight excluding hydrogens is 521 g/mol. The summed E-state index contributed by atoms with van der Waals surface area (Å²) in [6, 6.07) is 14.3. The first-order chi connectivity index (χ1) is 18.4. The summed E-state index contributed by atoms with van der Waals surface area (Å²) in [5.41, 5.74) is 2.77. The second-order valence-electron chi connectivity index (χ2n) is 10.7. The number of thioether (sulfide) groups is 1. The van der Waals surface area contributed by atoms with Crippen LogP contribution in [0.2, 0.25) is 0 Å². The Kier molecular flexibility index (Phi) is 5.60. The first kappa shape index (κ1) is 24.2. The van der Waals surface area contributed by atoms with Gasteiger partial charge in [0.1, 0.15) is 5.82 Å². The number of carbonyl (C=O) groups excluding carboxylic acids is 2. The number of imide groups is 1. The molecule has 6 nitrogen and oxygen atoms in total. The van der Waals surface area contributed by atoms with Gasteiger partial charge in [-0.2, -0.15) is 0 Å². The number of thiazole rings is 1. The highest BCUT2D eigenvalue weighted by atomic mass is 32.2. The van der Waals surface area contributed by atoms with Crippen LogP contribution in [0.15, 0.2) is 58.4 Å². The van der Waals surface area contributed by atoms with Crippen LogP contribution in [-0.4, -0.2) is 35.1 Å². The number of hydrogen-bond acceptors (Lipinski definition) is 6. The van der Waals surface area contributed by atoms with E-state index in [-0.39, 0.29) is 57.4 Å². The van der Waals surface area contributed by atoms with Crippen LogP contribution in [0, 0.1) is 35.4 Å². The van der Waals surface area contributed by atoms with Crippen molar-refractivity contribution in [3.63, 3.8) is 0 Å². The van der Waals surface area contributed by atoms with Crippen LogP contribution >= 0.6 is 23.1 Å². The summed E-state index contributed by atoms with van der Waals surface area (Å²) in [6.07, 6.45) is 0.847. The molecule has 2 bridgehead atoms. The van der Waals surface area contributed by atoms with E-state index in [4.69, 9.17) is 0 Å². The van der Waals surface area contributed by atoms with Gasteiger partial charge in [0, 0.05) is 34.8 Å². The molecule has 6 unspecified atom stereocenters. The van der Waals surface area contributed by atoms with Crippen LogP contribution in [0.5, 0.6) is 0 Å². The second-order valence-corrected chi connectivity index (χ2v) is 12.9. The molecule has 0 spiro atoms. The van der Waals surface area contributed by atoms with Crippen molar-refractivity contribution in [3.8, 4) is 0 Å². The first-order valence-corrected chi connectivity index (χ1v) is 15.0. The largest absolute Gasteiger partial charge is 0.372 e. The van der Waals surface area contributed by atoms with Gasteiger partial charge < -0.3 is 9.88 Å². The Labute approximate surface area is 228 Å². The number of anilines is 2. The van der Waals surface area contributed by atoms with Gasteiger partial charge in [0.2, 0.25) is 11.8 Å². The lowest BCUT2D eigenvalue weighted by Gasteiger charge is -2.43. The Morgan fingerprint density at radius 3 is 2.26 bits per heavy atom. The molecule has 7 rings (SSSR count). The summed E-state index contributed by atoms with van der Waals surface area (Å²) in [6.45, 7) is 6.14. The molecular formula is C29H28FN3O3S2. The fourth-order valence-corrected chi connectivity index (χ4v) is 10.6. The maximum absolute atomic E-state index is 13.8. The SMILES string of the molecule is CCN(CC)c1ccc([C@H]2c3sc(=O)[nH]c3SC3C4CC(C5C(=O)N(c6ccc(F)cc6)C(=O)C45)C32)cc1. The summed E-state index contributed by atoms with van der Waals surface area (Å²) < 4.78 is 13.6. The highest BCUT2D eigenvalue weighted by Gasteiger charge is 2.69. The Hall–Kier alpha value is -2.91. The number of rotatable bonds is 5. The minimum absolute atomic E-state index is 0.00433. The van der Waals surface area contributed by atoms with Gasteiger partial charge in [0.15, 0.2) is 0 Å². The summed E-state index contributed by atoms with van der Waals surface area (Å²) in [5, 5.41) is 1.06. The average molecular weight is 550 g/mol. The van der Waals surface area contributed by atoms with Crippen LogP contribution in [0.4, 0.5) is 15.8 Å². The standard InChI is InChI=1S/C29H28FN3O3S2/c1-3-32(4-2)16-9-5-14(6-10-16)20-21-18-13-19(24(21)37-26-25(20)38-29(36)31-26)23-22(18)27(34)33(28(23)35)17-11-7-15(30)8-12-17/h5-12,18-24H,3-4,13H2,1-2H3,(H,31,36)/t18?,19?,20-,21?,22?,23?,24?/m1/s1. The summed E-state index contributed by atoms with van der Waals surface area (Å²) >= 11 is 2.97. The van der Waals surface area contributed by atoms with Gasteiger partial charge >= 0.3 is 4.87 Å². The van der Waals surface area contributed by atoms with Gasteiger partial charge in [0.05, 0.1) is 22.5 Å². The number of benzene rings is 2. The lowest BCUT2D eigenvalue weighted by atomic mass is 9.68. The third kappa shape index (κ3) is 3.33. The van der Waals surface area contributed by atoms with Gasteiger partial charge in [-0.3, -0.25) is 19.3 Å². The number of hydrogen-bond donors (Lipinski definition) is 1. The van der Waals surface area contributed by atoms with E-state index < -0.39 is 5.82 Å². The molecule has 2 aliphatic carbocycles. The van der Waals surface area contributed by atoms with Gasteiger partial charge in [-0.1, -0.05) is 23.5 Å². The van der Waals surface area contributed by atoms with E-state index in [0.29, 0.717) is 5.69 Å². The van der Waals surface area contributed by atoms with Crippen molar-refractivity contribution in [2.45, 2.75) is 36.5 Å². The number of amides is 2. The third-order valence-electron chi connectivity index (χ3n) is 9.19. The predicted molar refractivity (Wildman–Crippen MR) is 147 cm³/mol. The fraction of sp³-hybridized carbons (Fsp3) is 0.414. The molecule has 3 heterocycles. The normalized spacial score (nSPS) is 30.9. The lowest BCUT2D eigenvalue weighted by molar-refractivity contribution is -0.123. The number of aromatic nitrogens is 1. The van der Waals surface area contributed by atoms with E-state index >= 15 is 0 Å².